The van der Waals surface area contributed by atoms with Crippen molar-refractivity contribution in [1.82, 2.24) is 15.2 Å². The fourth-order valence-corrected chi connectivity index (χ4v) is 3.43. The number of rotatable bonds is 9. The van der Waals surface area contributed by atoms with Gasteiger partial charge in [-0.2, -0.15) is 0 Å². The van der Waals surface area contributed by atoms with Crippen molar-refractivity contribution in [3.05, 3.63) is 48.6 Å². The van der Waals surface area contributed by atoms with E-state index in [1.165, 1.54) is 11.8 Å². The predicted molar refractivity (Wildman–Crippen MR) is 108 cm³/mol. The molecule has 0 amide bonds. The summed E-state index contributed by atoms with van der Waals surface area (Å²) < 4.78 is 14.0. The highest BCUT2D eigenvalue weighted by atomic mass is 19.1. The second-order valence-electron chi connectivity index (χ2n) is 6.90. The minimum absolute atomic E-state index is 0.233. The van der Waals surface area contributed by atoms with Crippen LogP contribution in [0.15, 0.2) is 42.8 Å². The number of nitrogens with one attached hydrogen (secondary N) is 1. The maximum Gasteiger partial charge on any atom is 0.164 e. The molecule has 1 aliphatic rings. The topological polar surface area (TPSA) is 31.4 Å². The summed E-state index contributed by atoms with van der Waals surface area (Å²) in [5.41, 5.74) is 2.12. The standard InChI is InChI=1S/C21H33FN4/c1-4-6-9-19(8-5-2)16-24-18(3)25-12-7-13-26(15-14-25)21-10-11-23-17-20(21)22/h4,9-11,17-18,24H,1,5-8,12-16H2,2-3H3/b19-9+/t18-/m1/s1. The minimum Gasteiger partial charge on any atom is -0.368 e. The van der Waals surface area contributed by atoms with Crippen molar-refractivity contribution in [2.45, 2.75) is 45.7 Å². The zero-order valence-corrected chi connectivity index (χ0v) is 16.3. The van der Waals surface area contributed by atoms with E-state index < -0.39 is 0 Å². The molecule has 1 saturated heterocycles. The first-order valence-corrected chi connectivity index (χ1v) is 9.76. The van der Waals surface area contributed by atoms with Crippen LogP contribution in [-0.2, 0) is 0 Å². The molecule has 4 nitrogen and oxygen atoms in total. The van der Waals surface area contributed by atoms with Crippen LogP contribution < -0.4 is 10.2 Å². The van der Waals surface area contributed by atoms with Crippen molar-refractivity contribution < 1.29 is 4.39 Å². The van der Waals surface area contributed by atoms with E-state index in [2.05, 4.69) is 46.6 Å². The zero-order chi connectivity index (χ0) is 18.8. The van der Waals surface area contributed by atoms with E-state index in [1.54, 1.807) is 12.3 Å². The molecule has 1 aliphatic heterocycles. The third-order valence-electron chi connectivity index (χ3n) is 4.94. The van der Waals surface area contributed by atoms with Gasteiger partial charge in [-0.25, -0.2) is 4.39 Å². The molecule has 2 rings (SSSR count). The molecule has 26 heavy (non-hydrogen) atoms. The molecule has 2 heterocycles. The largest absolute Gasteiger partial charge is 0.368 e. The van der Waals surface area contributed by atoms with E-state index in [0.717, 1.165) is 58.4 Å². The van der Waals surface area contributed by atoms with E-state index in [-0.39, 0.29) is 5.82 Å². The van der Waals surface area contributed by atoms with E-state index in [9.17, 15) is 4.39 Å². The van der Waals surface area contributed by atoms with Crippen LogP contribution in [0.4, 0.5) is 10.1 Å². The number of anilines is 1. The van der Waals surface area contributed by atoms with Crippen molar-refractivity contribution in [2.75, 3.05) is 37.6 Å². The third kappa shape index (κ3) is 6.22. The monoisotopic (exact) mass is 360 g/mol. The van der Waals surface area contributed by atoms with Crippen LogP contribution in [0, 0.1) is 5.82 Å². The maximum atomic E-state index is 14.0. The highest BCUT2D eigenvalue weighted by molar-refractivity contribution is 5.46. The second-order valence-corrected chi connectivity index (χ2v) is 6.90. The predicted octanol–water partition coefficient (Wildman–Crippen LogP) is 3.97. The Morgan fingerprint density at radius 3 is 2.96 bits per heavy atom. The lowest BCUT2D eigenvalue weighted by Crippen LogP contribution is -2.46. The Morgan fingerprint density at radius 1 is 1.38 bits per heavy atom. The fraction of sp³-hybridized carbons (Fsp3) is 0.571. The second kappa shape index (κ2) is 11.1. The van der Waals surface area contributed by atoms with Crippen molar-refractivity contribution >= 4 is 5.69 Å². The molecule has 0 bridgehead atoms. The quantitative estimate of drug-likeness (QED) is 0.675. The number of hydrogen-bond acceptors (Lipinski definition) is 4. The van der Waals surface area contributed by atoms with Crippen molar-refractivity contribution in [3.8, 4) is 0 Å². The normalized spacial score (nSPS) is 17.8. The Balaban J connectivity index is 1.87. The first-order chi connectivity index (χ1) is 12.7. The number of hydrogen-bond donors (Lipinski definition) is 1. The van der Waals surface area contributed by atoms with Gasteiger partial charge in [0.15, 0.2) is 5.82 Å². The molecular formula is C21H33FN4. The van der Waals surface area contributed by atoms with Gasteiger partial charge < -0.3 is 4.90 Å². The molecular weight excluding hydrogens is 327 g/mol. The zero-order valence-electron chi connectivity index (χ0n) is 16.3. The van der Waals surface area contributed by atoms with Gasteiger partial charge in [0.05, 0.1) is 18.1 Å². The van der Waals surface area contributed by atoms with Crippen LogP contribution in [0.5, 0.6) is 0 Å². The van der Waals surface area contributed by atoms with E-state index in [4.69, 9.17) is 0 Å². The van der Waals surface area contributed by atoms with E-state index in [0.29, 0.717) is 11.9 Å². The van der Waals surface area contributed by atoms with Crippen molar-refractivity contribution in [3.63, 3.8) is 0 Å². The summed E-state index contributed by atoms with van der Waals surface area (Å²) in [7, 11) is 0. The Bertz CT molecular complexity index is 587. The summed E-state index contributed by atoms with van der Waals surface area (Å²) in [6, 6.07) is 1.77. The molecule has 0 radical (unpaired) electrons. The minimum atomic E-state index is -0.233. The molecule has 1 aromatic heterocycles. The number of pyridine rings is 1. The summed E-state index contributed by atoms with van der Waals surface area (Å²) in [4.78, 5) is 8.44. The van der Waals surface area contributed by atoms with Crippen LogP contribution in [0.3, 0.4) is 0 Å². The summed E-state index contributed by atoms with van der Waals surface area (Å²) >= 11 is 0. The number of nitrogens with zero attached hydrogens (tertiary/aromatic N) is 3. The lowest BCUT2D eigenvalue weighted by molar-refractivity contribution is 0.194. The van der Waals surface area contributed by atoms with Crippen LogP contribution in [0.1, 0.15) is 39.5 Å². The number of aromatic nitrogens is 1. The molecule has 144 valence electrons. The molecule has 1 aromatic rings. The highest BCUT2D eigenvalue weighted by Gasteiger charge is 2.20. The van der Waals surface area contributed by atoms with Gasteiger partial charge in [-0.3, -0.25) is 15.2 Å². The lowest BCUT2D eigenvalue weighted by atomic mass is 10.1. The van der Waals surface area contributed by atoms with Gasteiger partial charge in [0, 0.05) is 38.9 Å². The molecule has 0 aromatic carbocycles. The maximum absolute atomic E-state index is 14.0. The summed E-state index contributed by atoms with van der Waals surface area (Å²) in [6.45, 7) is 12.8. The molecule has 5 heteroatoms. The van der Waals surface area contributed by atoms with Gasteiger partial charge in [0.2, 0.25) is 0 Å². The van der Waals surface area contributed by atoms with Gasteiger partial charge >= 0.3 is 0 Å². The lowest BCUT2D eigenvalue weighted by Gasteiger charge is -2.29. The molecule has 0 saturated carbocycles. The summed E-state index contributed by atoms with van der Waals surface area (Å²) in [5, 5.41) is 3.66. The third-order valence-corrected chi connectivity index (χ3v) is 4.94. The van der Waals surface area contributed by atoms with Gasteiger partial charge in [-0.15, -0.1) is 6.58 Å². The van der Waals surface area contributed by atoms with Gasteiger partial charge in [0.25, 0.3) is 0 Å². The fourth-order valence-electron chi connectivity index (χ4n) is 3.43. The molecule has 0 spiro atoms. The molecule has 0 aliphatic carbocycles. The van der Waals surface area contributed by atoms with E-state index in [1.807, 2.05) is 6.08 Å². The smallest absolute Gasteiger partial charge is 0.164 e. The summed E-state index contributed by atoms with van der Waals surface area (Å²) in [6.07, 6.45) is 11.7. The van der Waals surface area contributed by atoms with Crippen molar-refractivity contribution in [1.29, 1.82) is 0 Å². The first-order valence-electron chi connectivity index (χ1n) is 9.76. The Morgan fingerprint density at radius 2 is 2.23 bits per heavy atom. The van der Waals surface area contributed by atoms with Crippen LogP contribution in [0.25, 0.3) is 0 Å². The van der Waals surface area contributed by atoms with Crippen molar-refractivity contribution in [2.24, 2.45) is 0 Å². The van der Waals surface area contributed by atoms with Gasteiger partial charge in [0.1, 0.15) is 0 Å². The molecule has 1 atom stereocenters. The Labute approximate surface area is 157 Å². The highest BCUT2D eigenvalue weighted by Crippen LogP contribution is 2.19. The Kier molecular flexibility index (Phi) is 8.78. The average Bonchev–Trinajstić information content (AvgIpc) is 2.90. The SMILES string of the molecule is C=CC/C=C(\CCC)CN[C@@H](C)N1CCCN(c2ccncc2F)CC1. The molecule has 0 unspecified atom stereocenters. The first kappa shape index (κ1) is 20.6. The Hall–Kier alpha value is -1.72. The van der Waals surface area contributed by atoms with Crippen LogP contribution in [-0.4, -0.2) is 48.8 Å². The average molecular weight is 361 g/mol. The molecule has 1 fully saturated rings. The number of halogens is 1. The van der Waals surface area contributed by atoms with Gasteiger partial charge in [-0.05, 0) is 32.3 Å². The molecule has 1 N–H and O–H groups in total. The number of allylic oxidation sites excluding steroid dienone is 2. The summed E-state index contributed by atoms with van der Waals surface area (Å²) in [5.74, 6) is -0.233. The van der Waals surface area contributed by atoms with E-state index >= 15 is 0 Å². The van der Waals surface area contributed by atoms with Crippen LogP contribution >= 0.6 is 0 Å². The van der Waals surface area contributed by atoms with Crippen LogP contribution in [0.2, 0.25) is 0 Å². The van der Waals surface area contributed by atoms with Gasteiger partial charge in [-0.1, -0.05) is 31.1 Å².